The van der Waals surface area contributed by atoms with Gasteiger partial charge in [0.2, 0.25) is 0 Å². The number of hydrogen-bond donors (Lipinski definition) is 1. The van der Waals surface area contributed by atoms with Crippen molar-refractivity contribution >= 4 is 34.2 Å². The van der Waals surface area contributed by atoms with Gasteiger partial charge in [0.25, 0.3) is 0 Å². The summed E-state index contributed by atoms with van der Waals surface area (Å²) in [4.78, 5) is 0. The summed E-state index contributed by atoms with van der Waals surface area (Å²) in [5, 5.41) is 0.608. The summed E-state index contributed by atoms with van der Waals surface area (Å²) in [6, 6.07) is 13.8. The van der Waals surface area contributed by atoms with Gasteiger partial charge in [0.1, 0.15) is 11.5 Å². The van der Waals surface area contributed by atoms with Crippen molar-refractivity contribution in [3.05, 3.63) is 56.6 Å². The highest BCUT2D eigenvalue weighted by atomic mass is 127. The second-order valence-corrected chi connectivity index (χ2v) is 6.15. The molecule has 2 rings (SSSR count). The minimum absolute atomic E-state index is 0.124. The second-order valence-electron chi connectivity index (χ2n) is 4.50. The molecule has 0 fully saturated rings. The number of halogens is 2. The first kappa shape index (κ1) is 14.6. The van der Waals surface area contributed by atoms with Gasteiger partial charge < -0.3 is 10.5 Å². The lowest BCUT2D eigenvalue weighted by Gasteiger charge is -2.10. The molecule has 0 bridgehead atoms. The van der Waals surface area contributed by atoms with Crippen molar-refractivity contribution in [2.24, 2.45) is 5.73 Å². The lowest BCUT2D eigenvalue weighted by Crippen LogP contribution is -2.17. The van der Waals surface area contributed by atoms with E-state index >= 15 is 0 Å². The number of rotatable bonds is 4. The third kappa shape index (κ3) is 4.37. The summed E-state index contributed by atoms with van der Waals surface area (Å²) in [6.07, 6.45) is 0.809. The van der Waals surface area contributed by atoms with Gasteiger partial charge >= 0.3 is 0 Å². The van der Waals surface area contributed by atoms with E-state index < -0.39 is 0 Å². The summed E-state index contributed by atoms with van der Waals surface area (Å²) < 4.78 is 6.93. The van der Waals surface area contributed by atoms with Crippen LogP contribution in [0.4, 0.5) is 0 Å². The van der Waals surface area contributed by atoms with E-state index in [0.29, 0.717) is 10.8 Å². The van der Waals surface area contributed by atoms with Crippen molar-refractivity contribution in [2.75, 3.05) is 0 Å². The van der Waals surface area contributed by atoms with Crippen molar-refractivity contribution in [1.82, 2.24) is 0 Å². The predicted molar refractivity (Wildman–Crippen MR) is 88.0 cm³/mol. The van der Waals surface area contributed by atoms with Crippen LogP contribution in [0.25, 0.3) is 0 Å². The molecule has 0 aliphatic rings. The molecule has 0 aliphatic heterocycles. The van der Waals surface area contributed by atoms with Gasteiger partial charge in [0.15, 0.2) is 0 Å². The number of ether oxygens (including phenoxy) is 1. The van der Waals surface area contributed by atoms with Crippen LogP contribution in [0, 0.1) is 3.57 Å². The fourth-order valence-electron chi connectivity index (χ4n) is 1.76. The van der Waals surface area contributed by atoms with Gasteiger partial charge in [-0.2, -0.15) is 0 Å². The van der Waals surface area contributed by atoms with E-state index in [1.165, 1.54) is 3.57 Å². The molecular weight excluding hydrogens is 373 g/mol. The van der Waals surface area contributed by atoms with Gasteiger partial charge in [-0.25, -0.2) is 0 Å². The first-order valence-corrected chi connectivity index (χ1v) is 7.47. The quantitative estimate of drug-likeness (QED) is 0.777. The number of benzene rings is 2. The smallest absolute Gasteiger partial charge is 0.146 e. The molecule has 0 spiro atoms. The molecule has 2 aromatic rings. The Kier molecular flexibility index (Phi) is 5.07. The Balaban J connectivity index is 2.15. The summed E-state index contributed by atoms with van der Waals surface area (Å²) in [5.41, 5.74) is 6.90. The maximum absolute atomic E-state index is 6.23. The van der Waals surface area contributed by atoms with Gasteiger partial charge in [-0.1, -0.05) is 17.7 Å². The molecule has 0 heterocycles. The SMILES string of the molecule is CC(N)Cc1ccc(Oc2ccc(I)cc2)c(Cl)c1. The normalized spacial score (nSPS) is 12.2. The largest absolute Gasteiger partial charge is 0.456 e. The zero-order valence-corrected chi connectivity index (χ0v) is 13.5. The molecule has 0 amide bonds. The van der Waals surface area contributed by atoms with Gasteiger partial charge in [-0.05, 0) is 77.9 Å². The number of hydrogen-bond acceptors (Lipinski definition) is 2. The molecular formula is C15H15ClINO. The zero-order chi connectivity index (χ0) is 13.8. The molecule has 0 saturated carbocycles. The second kappa shape index (κ2) is 6.59. The molecule has 2 aromatic carbocycles. The van der Waals surface area contributed by atoms with Crippen LogP contribution in [-0.2, 0) is 6.42 Å². The fraction of sp³-hybridized carbons (Fsp3) is 0.200. The highest BCUT2D eigenvalue weighted by molar-refractivity contribution is 14.1. The fourth-order valence-corrected chi connectivity index (χ4v) is 2.36. The highest BCUT2D eigenvalue weighted by Gasteiger charge is 2.06. The molecule has 2 nitrogen and oxygen atoms in total. The van der Waals surface area contributed by atoms with Crippen LogP contribution in [0.1, 0.15) is 12.5 Å². The van der Waals surface area contributed by atoms with Crippen molar-refractivity contribution in [1.29, 1.82) is 0 Å². The monoisotopic (exact) mass is 387 g/mol. The van der Waals surface area contributed by atoms with Crippen LogP contribution >= 0.6 is 34.2 Å². The predicted octanol–water partition coefficient (Wildman–Crippen LogP) is 4.63. The van der Waals surface area contributed by atoms with E-state index in [1.807, 2.05) is 49.4 Å². The van der Waals surface area contributed by atoms with Crippen LogP contribution < -0.4 is 10.5 Å². The van der Waals surface area contributed by atoms with E-state index in [-0.39, 0.29) is 6.04 Å². The molecule has 0 saturated heterocycles. The van der Waals surface area contributed by atoms with Crippen LogP contribution in [0.5, 0.6) is 11.5 Å². The van der Waals surface area contributed by atoms with E-state index in [2.05, 4.69) is 22.6 Å². The topological polar surface area (TPSA) is 35.2 Å². The standard InChI is InChI=1S/C15H15ClINO/c1-10(18)8-11-2-7-15(14(16)9-11)19-13-5-3-12(17)4-6-13/h2-7,9-10H,8,18H2,1H3. The molecule has 0 radical (unpaired) electrons. The molecule has 1 unspecified atom stereocenters. The van der Waals surface area contributed by atoms with Crippen molar-refractivity contribution in [3.8, 4) is 11.5 Å². The van der Waals surface area contributed by atoms with E-state index in [0.717, 1.165) is 17.7 Å². The molecule has 1 atom stereocenters. The molecule has 4 heteroatoms. The minimum Gasteiger partial charge on any atom is -0.456 e. The van der Waals surface area contributed by atoms with Crippen LogP contribution in [0.2, 0.25) is 5.02 Å². The van der Waals surface area contributed by atoms with Gasteiger partial charge in [-0.15, -0.1) is 0 Å². The maximum atomic E-state index is 6.23. The zero-order valence-electron chi connectivity index (χ0n) is 10.6. The summed E-state index contributed by atoms with van der Waals surface area (Å²) >= 11 is 8.48. The average Bonchev–Trinajstić information content (AvgIpc) is 2.34. The Hall–Kier alpha value is -0.780. The van der Waals surface area contributed by atoms with Gasteiger partial charge in [0, 0.05) is 9.61 Å². The Bertz CT molecular complexity index is 555. The minimum atomic E-state index is 0.124. The van der Waals surface area contributed by atoms with Crippen molar-refractivity contribution in [2.45, 2.75) is 19.4 Å². The molecule has 19 heavy (non-hydrogen) atoms. The first-order valence-electron chi connectivity index (χ1n) is 6.02. The molecule has 0 aromatic heterocycles. The number of nitrogens with two attached hydrogens (primary N) is 1. The van der Waals surface area contributed by atoms with Crippen molar-refractivity contribution in [3.63, 3.8) is 0 Å². The maximum Gasteiger partial charge on any atom is 0.146 e. The van der Waals surface area contributed by atoms with Crippen LogP contribution in [0.3, 0.4) is 0 Å². The Labute approximate surface area is 132 Å². The highest BCUT2D eigenvalue weighted by Crippen LogP contribution is 2.30. The van der Waals surface area contributed by atoms with Gasteiger partial charge in [-0.3, -0.25) is 0 Å². The average molecular weight is 388 g/mol. The van der Waals surface area contributed by atoms with E-state index in [4.69, 9.17) is 22.1 Å². The van der Waals surface area contributed by atoms with Crippen LogP contribution in [-0.4, -0.2) is 6.04 Å². The summed E-state index contributed by atoms with van der Waals surface area (Å²) in [6.45, 7) is 1.98. The Morgan fingerprint density at radius 2 is 1.89 bits per heavy atom. The molecule has 100 valence electrons. The first-order chi connectivity index (χ1) is 9.04. The summed E-state index contributed by atoms with van der Waals surface area (Å²) in [5.74, 6) is 1.44. The Morgan fingerprint density at radius 1 is 1.21 bits per heavy atom. The van der Waals surface area contributed by atoms with E-state index in [1.54, 1.807) is 0 Å². The Morgan fingerprint density at radius 3 is 2.47 bits per heavy atom. The molecule has 0 aliphatic carbocycles. The van der Waals surface area contributed by atoms with Gasteiger partial charge in [0.05, 0.1) is 5.02 Å². The molecule has 2 N–H and O–H groups in total. The third-order valence-electron chi connectivity index (χ3n) is 2.60. The van der Waals surface area contributed by atoms with Crippen molar-refractivity contribution < 1.29 is 4.74 Å². The third-order valence-corrected chi connectivity index (χ3v) is 3.61. The summed E-state index contributed by atoms with van der Waals surface area (Å²) in [7, 11) is 0. The lowest BCUT2D eigenvalue weighted by atomic mass is 10.1. The van der Waals surface area contributed by atoms with Crippen LogP contribution in [0.15, 0.2) is 42.5 Å². The van der Waals surface area contributed by atoms with E-state index in [9.17, 15) is 0 Å². The lowest BCUT2D eigenvalue weighted by molar-refractivity contribution is 0.482.